The van der Waals surface area contributed by atoms with Crippen molar-refractivity contribution in [3.8, 4) is 0 Å². The van der Waals surface area contributed by atoms with Gasteiger partial charge in [0, 0.05) is 10.5 Å². The van der Waals surface area contributed by atoms with E-state index in [9.17, 15) is 4.79 Å². The molecule has 0 saturated carbocycles. The number of thioether (sulfide) groups is 1. The van der Waals surface area contributed by atoms with E-state index in [1.54, 1.807) is 6.08 Å². The molecule has 3 heteroatoms. The summed E-state index contributed by atoms with van der Waals surface area (Å²) < 4.78 is 0. The van der Waals surface area contributed by atoms with Crippen LogP contribution in [0.5, 0.6) is 0 Å². The van der Waals surface area contributed by atoms with Crippen LogP contribution in [0, 0.1) is 5.92 Å². The Bertz CT molecular complexity index is 776. The molecule has 1 aliphatic rings. The standard InChI is InChI=1S/C27H35NOS/c1-23-17-20-28(21-18-23)19-7-2-3-8-22-30-26-14-11-24(12-15-26)13-16-27(29)25-9-5-4-6-10-25/h4-6,9-16,23H,2-3,7-8,17-22H2,1H3/b16-13+. The van der Waals surface area contributed by atoms with Gasteiger partial charge in [0.1, 0.15) is 0 Å². The summed E-state index contributed by atoms with van der Waals surface area (Å²) in [6.07, 6.45) is 11.6. The quantitative estimate of drug-likeness (QED) is 0.169. The van der Waals surface area contributed by atoms with Crippen LogP contribution in [0.15, 0.2) is 65.6 Å². The van der Waals surface area contributed by atoms with Crippen LogP contribution in [0.1, 0.15) is 61.4 Å². The first kappa shape index (κ1) is 22.8. The van der Waals surface area contributed by atoms with Crippen molar-refractivity contribution in [3.05, 3.63) is 71.8 Å². The average Bonchev–Trinajstić information content (AvgIpc) is 2.79. The van der Waals surface area contributed by atoms with E-state index in [0.717, 1.165) is 17.0 Å². The molecule has 1 fully saturated rings. The number of carbonyl (C=O) groups is 1. The van der Waals surface area contributed by atoms with Crippen molar-refractivity contribution in [3.63, 3.8) is 0 Å². The van der Waals surface area contributed by atoms with Crippen molar-refractivity contribution in [2.45, 2.75) is 50.3 Å². The van der Waals surface area contributed by atoms with Crippen molar-refractivity contribution >= 4 is 23.6 Å². The van der Waals surface area contributed by atoms with Crippen LogP contribution in [0.25, 0.3) is 6.08 Å². The van der Waals surface area contributed by atoms with E-state index in [1.165, 1.54) is 68.8 Å². The summed E-state index contributed by atoms with van der Waals surface area (Å²) in [5.74, 6) is 2.16. The molecule has 3 rings (SSSR count). The van der Waals surface area contributed by atoms with Gasteiger partial charge in [-0.1, -0.05) is 68.3 Å². The number of likely N-dealkylation sites (tertiary alicyclic amines) is 1. The van der Waals surface area contributed by atoms with Crippen molar-refractivity contribution in [2.75, 3.05) is 25.4 Å². The highest BCUT2D eigenvalue weighted by atomic mass is 32.2. The van der Waals surface area contributed by atoms with Gasteiger partial charge in [-0.3, -0.25) is 4.79 Å². The normalized spacial score (nSPS) is 15.6. The number of hydrogen-bond donors (Lipinski definition) is 0. The lowest BCUT2D eigenvalue weighted by molar-refractivity contribution is 0.104. The number of unbranched alkanes of at least 4 members (excludes halogenated alkanes) is 3. The molecule has 2 aromatic rings. The minimum absolute atomic E-state index is 0.0453. The molecule has 2 aromatic carbocycles. The third-order valence-corrected chi connectivity index (χ3v) is 6.98. The van der Waals surface area contributed by atoms with Crippen molar-refractivity contribution in [1.29, 1.82) is 0 Å². The second kappa shape index (κ2) is 12.8. The minimum atomic E-state index is 0.0453. The summed E-state index contributed by atoms with van der Waals surface area (Å²) in [5, 5.41) is 0. The summed E-state index contributed by atoms with van der Waals surface area (Å²) in [5.41, 5.74) is 1.79. The first-order valence-corrected chi connectivity index (χ1v) is 12.4. The fourth-order valence-corrected chi connectivity index (χ4v) is 4.73. The molecule has 30 heavy (non-hydrogen) atoms. The van der Waals surface area contributed by atoms with E-state index >= 15 is 0 Å². The van der Waals surface area contributed by atoms with Gasteiger partial charge < -0.3 is 4.90 Å². The number of benzene rings is 2. The molecule has 0 bridgehead atoms. The van der Waals surface area contributed by atoms with Gasteiger partial charge in [0.15, 0.2) is 5.78 Å². The maximum Gasteiger partial charge on any atom is 0.185 e. The number of ketones is 1. The lowest BCUT2D eigenvalue weighted by Gasteiger charge is -2.30. The highest BCUT2D eigenvalue weighted by Gasteiger charge is 2.14. The Labute approximate surface area is 186 Å². The zero-order valence-electron chi connectivity index (χ0n) is 18.3. The van der Waals surface area contributed by atoms with E-state index in [4.69, 9.17) is 0 Å². The predicted molar refractivity (Wildman–Crippen MR) is 130 cm³/mol. The van der Waals surface area contributed by atoms with E-state index in [1.807, 2.05) is 48.2 Å². The van der Waals surface area contributed by atoms with Gasteiger partial charge in [0.25, 0.3) is 0 Å². The first-order chi connectivity index (χ1) is 14.7. The van der Waals surface area contributed by atoms with Gasteiger partial charge >= 0.3 is 0 Å². The van der Waals surface area contributed by atoms with Crippen LogP contribution >= 0.6 is 11.8 Å². The Morgan fingerprint density at radius 2 is 1.67 bits per heavy atom. The first-order valence-electron chi connectivity index (χ1n) is 11.4. The van der Waals surface area contributed by atoms with Gasteiger partial charge in [-0.2, -0.15) is 0 Å². The second-order valence-electron chi connectivity index (χ2n) is 8.42. The van der Waals surface area contributed by atoms with Crippen molar-refractivity contribution in [2.24, 2.45) is 5.92 Å². The van der Waals surface area contributed by atoms with Crippen molar-refractivity contribution in [1.82, 2.24) is 4.90 Å². The molecule has 0 amide bonds. The van der Waals surface area contributed by atoms with Crippen LogP contribution in [-0.4, -0.2) is 36.1 Å². The Kier molecular flexibility index (Phi) is 9.72. The molecule has 1 saturated heterocycles. The van der Waals surface area contributed by atoms with E-state index in [0.29, 0.717) is 0 Å². The molecule has 0 spiro atoms. The van der Waals surface area contributed by atoms with Crippen LogP contribution < -0.4 is 0 Å². The summed E-state index contributed by atoms with van der Waals surface area (Å²) in [4.78, 5) is 16.1. The third-order valence-electron chi connectivity index (χ3n) is 5.88. The number of hydrogen-bond acceptors (Lipinski definition) is 3. The fourth-order valence-electron chi connectivity index (χ4n) is 3.81. The number of nitrogens with zero attached hydrogens (tertiary/aromatic N) is 1. The number of piperidine rings is 1. The second-order valence-corrected chi connectivity index (χ2v) is 9.59. The zero-order chi connectivity index (χ0) is 21.0. The Morgan fingerprint density at radius 3 is 2.40 bits per heavy atom. The van der Waals surface area contributed by atoms with E-state index in [-0.39, 0.29) is 5.78 Å². The smallest absolute Gasteiger partial charge is 0.185 e. The third kappa shape index (κ3) is 8.12. The molecule has 160 valence electrons. The van der Waals surface area contributed by atoms with Gasteiger partial charge in [0.2, 0.25) is 0 Å². The summed E-state index contributed by atoms with van der Waals surface area (Å²) >= 11 is 1.94. The van der Waals surface area contributed by atoms with Crippen LogP contribution in [-0.2, 0) is 0 Å². The minimum Gasteiger partial charge on any atom is -0.303 e. The Morgan fingerprint density at radius 1 is 0.967 bits per heavy atom. The van der Waals surface area contributed by atoms with Crippen LogP contribution in [0.3, 0.4) is 0 Å². The Hall–Kier alpha value is -1.84. The lowest BCUT2D eigenvalue weighted by atomic mass is 9.99. The maximum atomic E-state index is 12.1. The van der Waals surface area contributed by atoms with E-state index in [2.05, 4.69) is 36.1 Å². The molecule has 1 heterocycles. The van der Waals surface area contributed by atoms with Gasteiger partial charge in [0.05, 0.1) is 0 Å². The van der Waals surface area contributed by atoms with E-state index < -0.39 is 0 Å². The molecule has 0 aliphatic carbocycles. The van der Waals surface area contributed by atoms with Crippen LogP contribution in [0.2, 0.25) is 0 Å². The highest BCUT2D eigenvalue weighted by molar-refractivity contribution is 7.99. The summed E-state index contributed by atoms with van der Waals surface area (Å²) in [6.45, 7) is 6.29. The topological polar surface area (TPSA) is 20.3 Å². The Balaban J connectivity index is 1.27. The SMILES string of the molecule is CC1CCN(CCCCCCSc2ccc(/C=C/C(=O)c3ccccc3)cc2)CC1. The molecule has 0 radical (unpaired) electrons. The molecule has 0 atom stereocenters. The van der Waals surface area contributed by atoms with Gasteiger partial charge in [-0.05, 0) is 80.8 Å². The largest absolute Gasteiger partial charge is 0.303 e. The molecule has 0 unspecified atom stereocenters. The highest BCUT2D eigenvalue weighted by Crippen LogP contribution is 2.21. The monoisotopic (exact) mass is 421 g/mol. The molecular formula is C27H35NOS. The molecule has 0 N–H and O–H groups in total. The molecular weight excluding hydrogens is 386 g/mol. The summed E-state index contributed by atoms with van der Waals surface area (Å²) in [6, 6.07) is 17.9. The summed E-state index contributed by atoms with van der Waals surface area (Å²) in [7, 11) is 0. The van der Waals surface area contributed by atoms with Crippen LogP contribution in [0.4, 0.5) is 0 Å². The number of rotatable bonds is 11. The zero-order valence-corrected chi connectivity index (χ0v) is 19.1. The molecule has 2 nitrogen and oxygen atoms in total. The van der Waals surface area contributed by atoms with Crippen molar-refractivity contribution < 1.29 is 4.79 Å². The average molecular weight is 422 g/mol. The number of allylic oxidation sites excluding steroid dienone is 1. The van der Waals surface area contributed by atoms with Gasteiger partial charge in [-0.25, -0.2) is 0 Å². The van der Waals surface area contributed by atoms with Gasteiger partial charge in [-0.15, -0.1) is 11.8 Å². The molecule has 1 aliphatic heterocycles. The predicted octanol–water partition coefficient (Wildman–Crippen LogP) is 6.97. The lowest BCUT2D eigenvalue weighted by Crippen LogP contribution is -2.33. The maximum absolute atomic E-state index is 12.1. The number of carbonyl (C=O) groups excluding carboxylic acids is 1. The molecule has 0 aromatic heterocycles. The fraction of sp³-hybridized carbons (Fsp3) is 0.444.